The van der Waals surface area contributed by atoms with E-state index in [0.29, 0.717) is 31.6 Å². The normalized spacial score (nSPS) is 13.9. The van der Waals surface area contributed by atoms with Gasteiger partial charge < -0.3 is 33.8 Å². The quantitative estimate of drug-likeness (QED) is 0.0222. The number of phosphoric ester groups is 2. The van der Waals surface area contributed by atoms with Crippen molar-refractivity contribution in [3.63, 3.8) is 0 Å². The van der Waals surface area contributed by atoms with Crippen LogP contribution in [0.1, 0.15) is 420 Å². The number of aliphatic hydroxyl groups excluding tert-OH is 1. The average molecular weight is 1440 g/mol. The SMILES string of the molecule is CCCCCCCCCCCCCCCCCCCCCCCCC(=O)O[C@H](COC(=O)CCCCCCCCCCCCCCCCCCCCC)COP(=O)(O)OC[C@@H](O)COP(=O)(O)OC[C@@H](COC(=O)CCCCCCCCC)OC(=O)CCCCCCCCCC(C)C. The van der Waals surface area contributed by atoms with Gasteiger partial charge in [0.2, 0.25) is 0 Å². The molecule has 0 radical (unpaired) electrons. The lowest BCUT2D eigenvalue weighted by Crippen LogP contribution is -2.30. The fraction of sp³-hybridized carbons (Fsp3) is 0.949. The van der Waals surface area contributed by atoms with Crippen molar-refractivity contribution in [2.24, 2.45) is 5.92 Å². The van der Waals surface area contributed by atoms with Gasteiger partial charge in [-0.3, -0.25) is 37.3 Å². The summed E-state index contributed by atoms with van der Waals surface area (Å²) in [7, 11) is -9.91. The number of ether oxygens (including phenoxy) is 4. The molecule has 98 heavy (non-hydrogen) atoms. The van der Waals surface area contributed by atoms with Crippen LogP contribution < -0.4 is 0 Å². The molecule has 0 aliphatic rings. The number of esters is 4. The highest BCUT2D eigenvalue weighted by Gasteiger charge is 2.30. The second-order valence-electron chi connectivity index (χ2n) is 28.9. The molecule has 2 unspecified atom stereocenters. The molecule has 0 rings (SSSR count). The van der Waals surface area contributed by atoms with Crippen LogP contribution in [0.25, 0.3) is 0 Å². The predicted octanol–water partition coefficient (Wildman–Crippen LogP) is 23.6. The Hall–Kier alpha value is -1.94. The molecule has 17 nitrogen and oxygen atoms in total. The van der Waals surface area contributed by atoms with Gasteiger partial charge in [-0.2, -0.15) is 0 Å². The first kappa shape index (κ1) is 96.1. The molecule has 0 saturated heterocycles. The lowest BCUT2D eigenvalue weighted by molar-refractivity contribution is -0.161. The van der Waals surface area contributed by atoms with Gasteiger partial charge >= 0.3 is 39.5 Å². The van der Waals surface area contributed by atoms with E-state index in [1.54, 1.807) is 0 Å². The van der Waals surface area contributed by atoms with Crippen molar-refractivity contribution in [2.75, 3.05) is 39.6 Å². The maximum atomic E-state index is 13.1. The molecule has 0 bridgehead atoms. The Kier molecular flexibility index (Phi) is 70.6. The summed E-state index contributed by atoms with van der Waals surface area (Å²) >= 11 is 0. The van der Waals surface area contributed by atoms with Gasteiger partial charge in [0, 0.05) is 25.7 Å². The van der Waals surface area contributed by atoms with Crippen LogP contribution in [0.5, 0.6) is 0 Å². The maximum Gasteiger partial charge on any atom is 0.472 e. The highest BCUT2D eigenvalue weighted by molar-refractivity contribution is 7.47. The molecule has 0 amide bonds. The van der Waals surface area contributed by atoms with Crippen molar-refractivity contribution < 1.29 is 80.2 Å². The zero-order valence-corrected chi connectivity index (χ0v) is 65.7. The Morgan fingerprint density at radius 1 is 0.276 bits per heavy atom. The van der Waals surface area contributed by atoms with Crippen LogP contribution in [-0.2, 0) is 65.4 Å². The van der Waals surface area contributed by atoms with E-state index in [1.165, 1.54) is 231 Å². The third-order valence-corrected chi connectivity index (χ3v) is 20.4. The van der Waals surface area contributed by atoms with Gasteiger partial charge in [0.05, 0.1) is 26.4 Å². The molecule has 3 N–H and O–H groups in total. The highest BCUT2D eigenvalue weighted by Crippen LogP contribution is 2.45. The number of unbranched alkanes of at least 4 members (excludes halogenated alkanes) is 51. The molecule has 0 aromatic rings. The third kappa shape index (κ3) is 72.4. The van der Waals surface area contributed by atoms with Crippen molar-refractivity contribution >= 4 is 39.5 Å². The van der Waals surface area contributed by atoms with Crippen LogP contribution in [0.2, 0.25) is 0 Å². The predicted molar refractivity (Wildman–Crippen MR) is 400 cm³/mol. The Morgan fingerprint density at radius 3 is 0.694 bits per heavy atom. The zero-order chi connectivity index (χ0) is 71.9. The molecule has 0 saturated carbocycles. The van der Waals surface area contributed by atoms with Crippen LogP contribution in [0.3, 0.4) is 0 Å². The number of carbonyl (C=O) groups excluding carboxylic acids is 4. The highest BCUT2D eigenvalue weighted by atomic mass is 31.2. The van der Waals surface area contributed by atoms with E-state index in [1.807, 2.05) is 0 Å². The van der Waals surface area contributed by atoms with Crippen LogP contribution in [0, 0.1) is 5.92 Å². The maximum absolute atomic E-state index is 13.1. The van der Waals surface area contributed by atoms with Gasteiger partial charge in [-0.1, -0.05) is 369 Å². The molecule has 19 heteroatoms. The number of rotatable bonds is 79. The summed E-state index contributed by atoms with van der Waals surface area (Å²) in [5, 5.41) is 10.6. The molecule has 5 atom stereocenters. The van der Waals surface area contributed by atoms with E-state index in [2.05, 4.69) is 34.6 Å². The summed E-state index contributed by atoms with van der Waals surface area (Å²) in [5.41, 5.74) is 0. The third-order valence-electron chi connectivity index (χ3n) is 18.5. The van der Waals surface area contributed by atoms with Crippen LogP contribution in [0.15, 0.2) is 0 Å². The first-order valence-corrected chi connectivity index (χ1v) is 44.1. The summed E-state index contributed by atoms with van der Waals surface area (Å²) in [5.74, 6) is -1.42. The van der Waals surface area contributed by atoms with Crippen molar-refractivity contribution in [3.05, 3.63) is 0 Å². The molecule has 0 heterocycles. The summed E-state index contributed by atoms with van der Waals surface area (Å²) in [6.45, 7) is 7.19. The Morgan fingerprint density at radius 2 is 0.469 bits per heavy atom. The minimum atomic E-state index is -4.96. The molecule has 0 aromatic carbocycles. The van der Waals surface area contributed by atoms with Gasteiger partial charge in [0.25, 0.3) is 0 Å². The molecule has 582 valence electrons. The molecule has 0 aromatic heterocycles. The zero-order valence-electron chi connectivity index (χ0n) is 63.9. The van der Waals surface area contributed by atoms with E-state index in [0.717, 1.165) is 103 Å². The molecular weight excluding hydrogens is 1280 g/mol. The lowest BCUT2D eigenvalue weighted by Gasteiger charge is -2.21. The summed E-state index contributed by atoms with van der Waals surface area (Å²) in [4.78, 5) is 72.7. The Labute approximate surface area is 600 Å². The van der Waals surface area contributed by atoms with Gasteiger partial charge in [0.15, 0.2) is 12.2 Å². The van der Waals surface area contributed by atoms with E-state index in [4.69, 9.17) is 37.0 Å². The molecule has 0 aliphatic carbocycles. The number of hydrogen-bond acceptors (Lipinski definition) is 15. The summed E-state index contributed by atoms with van der Waals surface area (Å²) in [6, 6.07) is 0. The van der Waals surface area contributed by atoms with Crippen molar-refractivity contribution in [2.45, 2.75) is 438 Å². The number of carbonyl (C=O) groups is 4. The monoisotopic (exact) mass is 1440 g/mol. The van der Waals surface area contributed by atoms with Crippen LogP contribution in [-0.4, -0.2) is 96.7 Å². The fourth-order valence-corrected chi connectivity index (χ4v) is 13.8. The van der Waals surface area contributed by atoms with Crippen molar-refractivity contribution in [1.29, 1.82) is 0 Å². The van der Waals surface area contributed by atoms with Gasteiger partial charge in [-0.25, -0.2) is 9.13 Å². The second kappa shape index (κ2) is 72.0. The second-order valence-corrected chi connectivity index (χ2v) is 31.8. The molecule has 0 spiro atoms. The van der Waals surface area contributed by atoms with Gasteiger partial charge in [0.1, 0.15) is 19.3 Å². The fourth-order valence-electron chi connectivity index (χ4n) is 12.2. The topological polar surface area (TPSA) is 237 Å². The number of hydrogen-bond donors (Lipinski definition) is 3. The smallest absolute Gasteiger partial charge is 0.462 e. The molecular formula is C79H154O17P2. The van der Waals surface area contributed by atoms with Gasteiger partial charge in [-0.05, 0) is 31.6 Å². The molecule has 0 aliphatic heterocycles. The summed E-state index contributed by atoms with van der Waals surface area (Å²) < 4.78 is 68.4. The van der Waals surface area contributed by atoms with Crippen LogP contribution >= 0.6 is 15.6 Å². The van der Waals surface area contributed by atoms with E-state index in [9.17, 15) is 43.2 Å². The first-order chi connectivity index (χ1) is 47.5. The average Bonchev–Trinajstić information content (AvgIpc) is 1.32. The Bertz CT molecular complexity index is 1870. The number of aliphatic hydroxyl groups is 1. The van der Waals surface area contributed by atoms with E-state index >= 15 is 0 Å². The largest absolute Gasteiger partial charge is 0.472 e. The van der Waals surface area contributed by atoms with Crippen molar-refractivity contribution in [3.8, 4) is 0 Å². The van der Waals surface area contributed by atoms with E-state index < -0.39 is 97.5 Å². The first-order valence-electron chi connectivity index (χ1n) is 41.1. The van der Waals surface area contributed by atoms with Crippen molar-refractivity contribution in [1.82, 2.24) is 0 Å². The van der Waals surface area contributed by atoms with Crippen LogP contribution in [0.4, 0.5) is 0 Å². The van der Waals surface area contributed by atoms with Gasteiger partial charge in [-0.15, -0.1) is 0 Å². The van der Waals surface area contributed by atoms with E-state index in [-0.39, 0.29) is 25.7 Å². The molecule has 0 fully saturated rings. The Balaban J connectivity index is 5.13. The standard InChI is InChI=1S/C79H154O17P2/c1-6-9-12-15-18-20-22-24-26-28-30-31-32-34-36-38-40-42-44-49-54-59-64-78(83)95-75(69-90-77(82)63-58-53-48-43-41-39-37-35-33-29-27-25-23-21-19-16-13-10-7-2)71-94-98(87,88)92-67-73(80)66-91-97(85,86)93-70-74(68-89-76(81)62-57-52-46-17-14-11-8-3)96-79(84)65-60-55-50-45-47-51-56-61-72(4)5/h72-75,80H,6-71H2,1-5H3,(H,85,86)(H,87,88)/t73-,74+,75+/m0/s1. The minimum absolute atomic E-state index is 0.104. The number of phosphoric acid groups is 2. The lowest BCUT2D eigenvalue weighted by atomic mass is 10.0. The summed E-state index contributed by atoms with van der Waals surface area (Å²) in [6.07, 6.45) is 63.0. The minimum Gasteiger partial charge on any atom is -0.462 e.